The van der Waals surface area contributed by atoms with E-state index in [1.54, 1.807) is 7.05 Å². The third-order valence-corrected chi connectivity index (χ3v) is 3.66. The molecule has 1 saturated carbocycles. The number of likely N-dealkylation sites (tertiary alicyclic amines) is 1. The van der Waals surface area contributed by atoms with Crippen LogP contribution in [0, 0.1) is 5.92 Å². The molecule has 0 aromatic heterocycles. The van der Waals surface area contributed by atoms with E-state index in [2.05, 4.69) is 15.6 Å². The molecule has 6 heteroatoms. The maximum Gasteiger partial charge on any atom is 0.222 e. The number of amides is 1. The summed E-state index contributed by atoms with van der Waals surface area (Å²) in [6, 6.07) is 0.339. The molecule has 2 N–H and O–H groups in total. The molecule has 0 aromatic carbocycles. The Bertz CT molecular complexity index is 331. The van der Waals surface area contributed by atoms with E-state index in [4.69, 9.17) is 0 Å². The first kappa shape index (κ1) is 16.5. The van der Waals surface area contributed by atoms with Gasteiger partial charge in [-0.3, -0.25) is 9.79 Å². The van der Waals surface area contributed by atoms with Crippen LogP contribution >= 0.6 is 24.0 Å². The average Bonchev–Trinajstić information content (AvgIpc) is 3.11. The zero-order valence-electron chi connectivity index (χ0n) is 11.8. The zero-order valence-corrected chi connectivity index (χ0v) is 14.1. The third-order valence-electron chi connectivity index (χ3n) is 3.66. The number of carbonyl (C=O) groups excluding carboxylic acids is 1. The number of guanidine groups is 1. The SMILES string of the molecule is CCC(=O)N1CCC(NC(=NC)NCC2CC2)C1.I. The van der Waals surface area contributed by atoms with Crippen molar-refractivity contribution >= 4 is 35.8 Å². The Hall–Kier alpha value is -0.530. The van der Waals surface area contributed by atoms with Crippen molar-refractivity contribution in [1.29, 1.82) is 0 Å². The monoisotopic (exact) mass is 380 g/mol. The summed E-state index contributed by atoms with van der Waals surface area (Å²) in [6.45, 7) is 4.60. The molecular formula is C13H25IN4O. The molecule has 19 heavy (non-hydrogen) atoms. The summed E-state index contributed by atoms with van der Waals surface area (Å²) in [5.74, 6) is 1.96. The molecule has 1 atom stereocenters. The number of nitrogens with one attached hydrogen (secondary N) is 2. The van der Waals surface area contributed by atoms with Crippen molar-refractivity contribution in [2.45, 2.75) is 38.6 Å². The Balaban J connectivity index is 0.00000180. The lowest BCUT2D eigenvalue weighted by molar-refractivity contribution is -0.129. The molecule has 1 aliphatic carbocycles. The highest BCUT2D eigenvalue weighted by Gasteiger charge is 2.26. The third kappa shape index (κ3) is 5.16. The van der Waals surface area contributed by atoms with Crippen molar-refractivity contribution in [3.05, 3.63) is 0 Å². The van der Waals surface area contributed by atoms with Crippen LogP contribution in [0.5, 0.6) is 0 Å². The molecule has 0 bridgehead atoms. The summed E-state index contributed by atoms with van der Waals surface area (Å²) in [6.07, 6.45) is 4.29. The molecule has 0 aromatic rings. The number of aliphatic imine (C=N–C) groups is 1. The fraction of sp³-hybridized carbons (Fsp3) is 0.846. The van der Waals surface area contributed by atoms with Crippen LogP contribution in [0.25, 0.3) is 0 Å². The van der Waals surface area contributed by atoms with Gasteiger partial charge < -0.3 is 15.5 Å². The van der Waals surface area contributed by atoms with Gasteiger partial charge in [-0.15, -0.1) is 24.0 Å². The average molecular weight is 380 g/mol. The number of rotatable bonds is 4. The van der Waals surface area contributed by atoms with Crippen LogP contribution < -0.4 is 10.6 Å². The summed E-state index contributed by atoms with van der Waals surface area (Å²) >= 11 is 0. The second kappa shape index (κ2) is 7.91. The van der Waals surface area contributed by atoms with Crippen molar-refractivity contribution in [3.63, 3.8) is 0 Å². The molecule has 1 unspecified atom stereocenters. The number of hydrogen-bond acceptors (Lipinski definition) is 2. The van der Waals surface area contributed by atoms with E-state index in [9.17, 15) is 4.79 Å². The van der Waals surface area contributed by atoms with Gasteiger partial charge in [-0.05, 0) is 25.2 Å². The van der Waals surface area contributed by atoms with Gasteiger partial charge >= 0.3 is 0 Å². The predicted molar refractivity (Wildman–Crippen MR) is 87.9 cm³/mol. The van der Waals surface area contributed by atoms with E-state index in [1.165, 1.54) is 12.8 Å². The molecule has 110 valence electrons. The molecule has 1 saturated heterocycles. The van der Waals surface area contributed by atoms with Gasteiger partial charge in [-0.1, -0.05) is 6.92 Å². The van der Waals surface area contributed by atoms with E-state index in [1.807, 2.05) is 11.8 Å². The molecule has 0 spiro atoms. The Morgan fingerprint density at radius 3 is 2.68 bits per heavy atom. The van der Waals surface area contributed by atoms with Gasteiger partial charge in [0.25, 0.3) is 0 Å². The van der Waals surface area contributed by atoms with Crippen molar-refractivity contribution in [2.24, 2.45) is 10.9 Å². The smallest absolute Gasteiger partial charge is 0.222 e. The highest BCUT2D eigenvalue weighted by Crippen LogP contribution is 2.27. The summed E-state index contributed by atoms with van der Waals surface area (Å²) in [5.41, 5.74) is 0. The largest absolute Gasteiger partial charge is 0.356 e. The van der Waals surface area contributed by atoms with Gasteiger partial charge in [0.15, 0.2) is 5.96 Å². The molecule has 1 aliphatic heterocycles. The van der Waals surface area contributed by atoms with Crippen LogP contribution in [0.3, 0.4) is 0 Å². The Morgan fingerprint density at radius 1 is 1.37 bits per heavy atom. The maximum atomic E-state index is 11.6. The van der Waals surface area contributed by atoms with Gasteiger partial charge in [0.2, 0.25) is 5.91 Å². The van der Waals surface area contributed by atoms with E-state index in [0.29, 0.717) is 12.5 Å². The lowest BCUT2D eigenvalue weighted by Gasteiger charge is -2.18. The lowest BCUT2D eigenvalue weighted by Crippen LogP contribution is -2.45. The molecule has 2 rings (SSSR count). The fourth-order valence-electron chi connectivity index (χ4n) is 2.28. The highest BCUT2D eigenvalue weighted by atomic mass is 127. The van der Waals surface area contributed by atoms with Gasteiger partial charge in [0.1, 0.15) is 0 Å². The predicted octanol–water partition coefficient (Wildman–Crippen LogP) is 1.19. The molecule has 0 radical (unpaired) electrons. The van der Waals surface area contributed by atoms with Crippen LogP contribution in [0.15, 0.2) is 4.99 Å². The van der Waals surface area contributed by atoms with Crippen molar-refractivity contribution < 1.29 is 4.79 Å². The van der Waals surface area contributed by atoms with E-state index in [-0.39, 0.29) is 29.9 Å². The van der Waals surface area contributed by atoms with Crippen LogP contribution in [0.1, 0.15) is 32.6 Å². The van der Waals surface area contributed by atoms with Crippen LogP contribution in [0.4, 0.5) is 0 Å². The van der Waals surface area contributed by atoms with Crippen LogP contribution in [-0.4, -0.2) is 49.5 Å². The number of nitrogens with zero attached hydrogens (tertiary/aromatic N) is 2. The normalized spacial score (nSPS) is 22.9. The standard InChI is InChI=1S/C13H24N4O.HI/c1-3-12(18)17-7-6-11(9-17)16-13(14-2)15-8-10-4-5-10;/h10-11H,3-9H2,1-2H3,(H2,14,15,16);1H. The summed E-state index contributed by atoms with van der Waals surface area (Å²) in [7, 11) is 1.80. The first-order valence-corrected chi connectivity index (χ1v) is 6.98. The van der Waals surface area contributed by atoms with Gasteiger partial charge in [-0.2, -0.15) is 0 Å². The number of halogens is 1. The van der Waals surface area contributed by atoms with Crippen LogP contribution in [-0.2, 0) is 4.79 Å². The second-order valence-electron chi connectivity index (χ2n) is 5.22. The molecule has 2 aliphatic rings. The Kier molecular flexibility index (Phi) is 6.88. The lowest BCUT2D eigenvalue weighted by atomic mass is 10.3. The summed E-state index contributed by atoms with van der Waals surface area (Å²) in [4.78, 5) is 17.8. The van der Waals surface area contributed by atoms with Gasteiger partial charge in [-0.25, -0.2) is 0 Å². The quantitative estimate of drug-likeness (QED) is 0.438. The highest BCUT2D eigenvalue weighted by molar-refractivity contribution is 14.0. The number of hydrogen-bond donors (Lipinski definition) is 2. The molecular weight excluding hydrogens is 355 g/mol. The first-order valence-electron chi connectivity index (χ1n) is 6.98. The van der Waals surface area contributed by atoms with E-state index >= 15 is 0 Å². The number of carbonyl (C=O) groups is 1. The van der Waals surface area contributed by atoms with Crippen molar-refractivity contribution in [1.82, 2.24) is 15.5 Å². The topological polar surface area (TPSA) is 56.7 Å². The molecule has 1 amide bonds. The molecule has 1 heterocycles. The summed E-state index contributed by atoms with van der Waals surface area (Å²) in [5, 5.41) is 6.75. The first-order chi connectivity index (χ1) is 8.72. The maximum absolute atomic E-state index is 11.6. The van der Waals surface area contributed by atoms with Crippen molar-refractivity contribution in [3.8, 4) is 0 Å². The van der Waals surface area contributed by atoms with Gasteiger partial charge in [0, 0.05) is 39.1 Å². The summed E-state index contributed by atoms with van der Waals surface area (Å²) < 4.78 is 0. The van der Waals surface area contributed by atoms with E-state index in [0.717, 1.165) is 37.9 Å². The molecule has 2 fully saturated rings. The Morgan fingerprint density at radius 2 is 2.11 bits per heavy atom. The fourth-order valence-corrected chi connectivity index (χ4v) is 2.28. The Labute approximate surface area is 132 Å². The minimum Gasteiger partial charge on any atom is -0.356 e. The van der Waals surface area contributed by atoms with Gasteiger partial charge in [0.05, 0.1) is 0 Å². The molecule has 5 nitrogen and oxygen atoms in total. The van der Waals surface area contributed by atoms with E-state index < -0.39 is 0 Å². The minimum atomic E-state index is 0. The van der Waals surface area contributed by atoms with Crippen molar-refractivity contribution in [2.75, 3.05) is 26.7 Å². The minimum absolute atomic E-state index is 0. The second-order valence-corrected chi connectivity index (χ2v) is 5.22. The van der Waals surface area contributed by atoms with Crippen LogP contribution in [0.2, 0.25) is 0 Å². The zero-order chi connectivity index (χ0) is 13.0.